The van der Waals surface area contributed by atoms with Crippen LogP contribution >= 0.6 is 0 Å². The molecule has 0 radical (unpaired) electrons. The first-order chi connectivity index (χ1) is 9.56. The van der Waals surface area contributed by atoms with Crippen molar-refractivity contribution >= 4 is 11.9 Å². The summed E-state index contributed by atoms with van der Waals surface area (Å²) in [5.41, 5.74) is 0. The Morgan fingerprint density at radius 2 is 2.25 bits per heavy atom. The van der Waals surface area contributed by atoms with E-state index in [1.807, 2.05) is 18.0 Å². The normalized spacial score (nSPS) is 19.1. The van der Waals surface area contributed by atoms with Crippen LogP contribution in [0.25, 0.3) is 0 Å². The van der Waals surface area contributed by atoms with Gasteiger partial charge in [0, 0.05) is 38.4 Å². The molecule has 1 aliphatic rings. The minimum Gasteiger partial charge on any atom is -0.481 e. The number of carboxylic acids is 1. The largest absolute Gasteiger partial charge is 0.481 e. The Labute approximate surface area is 118 Å². The molecule has 20 heavy (non-hydrogen) atoms. The van der Waals surface area contributed by atoms with E-state index in [1.165, 1.54) is 0 Å². The van der Waals surface area contributed by atoms with Gasteiger partial charge in [-0.3, -0.25) is 9.59 Å². The average Bonchev–Trinajstić information content (AvgIpc) is 2.82. The van der Waals surface area contributed by atoms with Crippen LogP contribution in [0, 0.1) is 12.8 Å². The fourth-order valence-electron chi connectivity index (χ4n) is 2.69. The summed E-state index contributed by atoms with van der Waals surface area (Å²) < 4.78 is 2.11. The van der Waals surface area contributed by atoms with Crippen molar-refractivity contribution in [2.24, 2.45) is 5.92 Å². The number of carbonyl (C=O) groups is 2. The molecule has 0 aromatic carbocycles. The van der Waals surface area contributed by atoms with Crippen molar-refractivity contribution in [2.45, 2.75) is 39.2 Å². The molecule has 0 saturated carbocycles. The third-order valence-corrected chi connectivity index (χ3v) is 3.80. The molecular weight excluding hydrogens is 258 g/mol. The molecule has 1 aromatic rings. The lowest BCUT2D eigenvalue weighted by Crippen LogP contribution is -2.41. The summed E-state index contributed by atoms with van der Waals surface area (Å²) in [6.45, 7) is 4.31. The second kappa shape index (κ2) is 6.54. The first kappa shape index (κ1) is 14.6. The minimum atomic E-state index is -0.916. The van der Waals surface area contributed by atoms with Crippen LogP contribution in [0.15, 0.2) is 12.4 Å². The highest BCUT2D eigenvalue weighted by Gasteiger charge is 2.24. The summed E-state index contributed by atoms with van der Waals surface area (Å²) >= 11 is 0. The summed E-state index contributed by atoms with van der Waals surface area (Å²) in [5, 5.41) is 8.63. The third-order valence-electron chi connectivity index (χ3n) is 3.80. The number of amides is 1. The van der Waals surface area contributed by atoms with Gasteiger partial charge in [-0.25, -0.2) is 4.98 Å². The number of nitrogens with zero attached hydrogens (tertiary/aromatic N) is 3. The van der Waals surface area contributed by atoms with Gasteiger partial charge >= 0.3 is 5.97 Å². The Hall–Kier alpha value is -1.85. The lowest BCUT2D eigenvalue weighted by molar-refractivity contribution is -0.141. The Bertz CT molecular complexity index is 484. The van der Waals surface area contributed by atoms with Crippen LogP contribution in [-0.4, -0.2) is 44.5 Å². The maximum atomic E-state index is 12.0. The van der Waals surface area contributed by atoms with E-state index in [4.69, 9.17) is 5.11 Å². The average molecular weight is 279 g/mol. The molecule has 1 fully saturated rings. The van der Waals surface area contributed by atoms with Crippen LogP contribution in [0.5, 0.6) is 0 Å². The molecule has 110 valence electrons. The number of aromatic nitrogens is 2. The maximum absolute atomic E-state index is 12.0. The molecule has 0 bridgehead atoms. The number of likely N-dealkylation sites (tertiary alicyclic amines) is 1. The van der Waals surface area contributed by atoms with Crippen molar-refractivity contribution in [3.05, 3.63) is 18.2 Å². The smallest absolute Gasteiger partial charge is 0.303 e. The van der Waals surface area contributed by atoms with E-state index < -0.39 is 5.97 Å². The summed E-state index contributed by atoms with van der Waals surface area (Å²) in [6.07, 6.45) is 5.85. The molecule has 1 aliphatic heterocycles. The van der Waals surface area contributed by atoms with Crippen molar-refractivity contribution in [2.75, 3.05) is 13.1 Å². The molecule has 2 rings (SSSR count). The number of aliphatic carboxylic acids is 1. The van der Waals surface area contributed by atoms with Crippen LogP contribution < -0.4 is 0 Å². The first-order valence-electron chi connectivity index (χ1n) is 7.03. The third kappa shape index (κ3) is 3.82. The van der Waals surface area contributed by atoms with Crippen molar-refractivity contribution < 1.29 is 14.7 Å². The van der Waals surface area contributed by atoms with Gasteiger partial charge in [0.2, 0.25) is 5.91 Å². The zero-order valence-electron chi connectivity index (χ0n) is 11.8. The molecule has 6 heteroatoms. The van der Waals surface area contributed by atoms with Crippen molar-refractivity contribution in [3.63, 3.8) is 0 Å². The second-order valence-corrected chi connectivity index (χ2v) is 5.37. The van der Waals surface area contributed by atoms with Crippen molar-refractivity contribution in [1.29, 1.82) is 0 Å². The van der Waals surface area contributed by atoms with Gasteiger partial charge in [0.1, 0.15) is 5.82 Å². The molecule has 2 heterocycles. The fraction of sp³-hybridized carbons (Fsp3) is 0.643. The van der Waals surface area contributed by atoms with E-state index in [1.54, 1.807) is 6.20 Å². The van der Waals surface area contributed by atoms with Crippen molar-refractivity contribution in [3.8, 4) is 0 Å². The van der Waals surface area contributed by atoms with E-state index >= 15 is 0 Å². The molecule has 1 saturated heterocycles. The number of rotatable bonds is 5. The standard InChI is InChI=1S/C14H21N3O3/c1-11-15-6-8-16(11)9-12-3-2-7-17(10-12)13(18)4-5-14(19)20/h6,8,12H,2-5,7,9-10H2,1H3,(H,19,20). The Kier molecular flexibility index (Phi) is 4.76. The Balaban J connectivity index is 1.86. The van der Waals surface area contributed by atoms with Gasteiger partial charge in [-0.05, 0) is 25.7 Å². The van der Waals surface area contributed by atoms with Crippen LogP contribution in [0.2, 0.25) is 0 Å². The van der Waals surface area contributed by atoms with Gasteiger partial charge < -0.3 is 14.6 Å². The molecule has 1 aromatic heterocycles. The quantitative estimate of drug-likeness (QED) is 0.881. The van der Waals surface area contributed by atoms with Gasteiger partial charge in [-0.2, -0.15) is 0 Å². The van der Waals surface area contributed by atoms with Crippen LogP contribution in [-0.2, 0) is 16.1 Å². The number of carbonyl (C=O) groups excluding carboxylic acids is 1. The number of hydrogen-bond donors (Lipinski definition) is 1. The van der Waals surface area contributed by atoms with E-state index in [0.29, 0.717) is 5.92 Å². The van der Waals surface area contributed by atoms with E-state index in [0.717, 1.165) is 38.3 Å². The lowest BCUT2D eigenvalue weighted by Gasteiger charge is -2.33. The molecule has 1 unspecified atom stereocenters. The molecule has 0 spiro atoms. The summed E-state index contributed by atoms with van der Waals surface area (Å²) in [5.74, 6) is 0.449. The van der Waals surface area contributed by atoms with Crippen LogP contribution in [0.4, 0.5) is 0 Å². The molecule has 1 amide bonds. The summed E-state index contributed by atoms with van der Waals surface area (Å²) in [6, 6.07) is 0. The van der Waals surface area contributed by atoms with Gasteiger partial charge in [-0.1, -0.05) is 0 Å². The number of carboxylic acid groups (broad SMARTS) is 1. The molecule has 0 aliphatic carbocycles. The van der Waals surface area contributed by atoms with Crippen molar-refractivity contribution in [1.82, 2.24) is 14.5 Å². The van der Waals surface area contributed by atoms with Gasteiger partial charge in [0.15, 0.2) is 0 Å². The van der Waals surface area contributed by atoms with E-state index in [9.17, 15) is 9.59 Å². The Morgan fingerprint density at radius 1 is 1.45 bits per heavy atom. The minimum absolute atomic E-state index is 0.0422. The highest BCUT2D eigenvalue weighted by atomic mass is 16.4. The maximum Gasteiger partial charge on any atom is 0.303 e. The topological polar surface area (TPSA) is 75.4 Å². The predicted molar refractivity (Wildman–Crippen MR) is 73.1 cm³/mol. The number of imidazole rings is 1. The molecule has 1 N–H and O–H groups in total. The SMILES string of the molecule is Cc1nccn1CC1CCCN(C(=O)CCC(=O)O)C1. The predicted octanol–water partition coefficient (Wildman–Crippen LogP) is 1.29. The zero-order chi connectivity index (χ0) is 14.5. The van der Waals surface area contributed by atoms with E-state index in [2.05, 4.69) is 9.55 Å². The first-order valence-corrected chi connectivity index (χ1v) is 7.03. The number of aryl methyl sites for hydroxylation is 1. The fourth-order valence-corrected chi connectivity index (χ4v) is 2.69. The Morgan fingerprint density at radius 3 is 2.90 bits per heavy atom. The zero-order valence-corrected chi connectivity index (χ0v) is 11.8. The number of hydrogen-bond acceptors (Lipinski definition) is 3. The summed E-state index contributed by atoms with van der Waals surface area (Å²) in [7, 11) is 0. The molecule has 6 nitrogen and oxygen atoms in total. The van der Waals surface area contributed by atoms with Crippen LogP contribution in [0.3, 0.4) is 0 Å². The summed E-state index contributed by atoms with van der Waals surface area (Å²) in [4.78, 5) is 28.5. The van der Waals surface area contributed by atoms with Crippen LogP contribution in [0.1, 0.15) is 31.5 Å². The van der Waals surface area contributed by atoms with Gasteiger partial charge in [0.25, 0.3) is 0 Å². The monoisotopic (exact) mass is 279 g/mol. The molecular formula is C14H21N3O3. The highest BCUT2D eigenvalue weighted by molar-refractivity contribution is 5.80. The molecule has 1 atom stereocenters. The second-order valence-electron chi connectivity index (χ2n) is 5.37. The lowest BCUT2D eigenvalue weighted by atomic mass is 9.97. The van der Waals surface area contributed by atoms with Gasteiger partial charge in [-0.15, -0.1) is 0 Å². The highest BCUT2D eigenvalue weighted by Crippen LogP contribution is 2.19. The van der Waals surface area contributed by atoms with E-state index in [-0.39, 0.29) is 18.7 Å². The van der Waals surface area contributed by atoms with Gasteiger partial charge in [0.05, 0.1) is 6.42 Å². The number of piperidine rings is 1.